The predicted octanol–water partition coefficient (Wildman–Crippen LogP) is 4.59. The van der Waals surface area contributed by atoms with Crippen LogP contribution in [-0.4, -0.2) is 11.1 Å². The molecule has 1 aromatic heterocycles. The molecule has 0 spiro atoms. The topological polar surface area (TPSA) is 50.4 Å². The summed E-state index contributed by atoms with van der Waals surface area (Å²) in [5.74, 6) is 1.35. The molecule has 0 aliphatic rings. The van der Waals surface area contributed by atoms with Crippen molar-refractivity contribution in [3.05, 3.63) is 23.7 Å². The standard InChI is InChI=1S/C16H26O3/c1-2-3-4-5-6-9-14-12-13-15(19-14)10-7-8-11-16(17)18/h12-13H,2-11H2,1H3,(H,17,18). The first kappa shape index (κ1) is 15.8. The van der Waals surface area contributed by atoms with E-state index in [4.69, 9.17) is 9.52 Å². The first-order valence-corrected chi connectivity index (χ1v) is 7.51. The lowest BCUT2D eigenvalue weighted by Gasteiger charge is -1.99. The first-order valence-electron chi connectivity index (χ1n) is 7.51. The molecule has 1 N–H and O–H groups in total. The van der Waals surface area contributed by atoms with Crippen LogP contribution in [0, 0.1) is 0 Å². The second-order valence-electron chi connectivity index (χ2n) is 5.13. The van der Waals surface area contributed by atoms with Gasteiger partial charge in [-0.1, -0.05) is 32.6 Å². The smallest absolute Gasteiger partial charge is 0.303 e. The first-order chi connectivity index (χ1) is 9.22. The highest BCUT2D eigenvalue weighted by atomic mass is 16.4. The van der Waals surface area contributed by atoms with Crippen LogP contribution in [0.4, 0.5) is 0 Å². The lowest BCUT2D eigenvalue weighted by molar-refractivity contribution is -0.137. The van der Waals surface area contributed by atoms with Gasteiger partial charge in [0, 0.05) is 19.3 Å². The summed E-state index contributed by atoms with van der Waals surface area (Å²) in [6.45, 7) is 2.23. The summed E-state index contributed by atoms with van der Waals surface area (Å²) in [7, 11) is 0. The van der Waals surface area contributed by atoms with Gasteiger partial charge in [0.2, 0.25) is 0 Å². The van der Waals surface area contributed by atoms with Gasteiger partial charge in [-0.15, -0.1) is 0 Å². The molecule has 1 rings (SSSR count). The van der Waals surface area contributed by atoms with Gasteiger partial charge in [0.1, 0.15) is 11.5 Å². The maximum Gasteiger partial charge on any atom is 0.303 e. The Kier molecular flexibility index (Phi) is 8.03. The molecular weight excluding hydrogens is 240 g/mol. The van der Waals surface area contributed by atoms with Crippen LogP contribution in [0.15, 0.2) is 16.5 Å². The van der Waals surface area contributed by atoms with Crippen LogP contribution in [0.2, 0.25) is 0 Å². The van der Waals surface area contributed by atoms with Gasteiger partial charge >= 0.3 is 5.97 Å². The molecule has 0 aliphatic carbocycles. The molecule has 0 aliphatic heterocycles. The van der Waals surface area contributed by atoms with Crippen LogP contribution in [0.5, 0.6) is 0 Å². The minimum atomic E-state index is -0.716. The third kappa shape index (κ3) is 7.70. The van der Waals surface area contributed by atoms with Crippen molar-refractivity contribution in [1.29, 1.82) is 0 Å². The van der Waals surface area contributed by atoms with Crippen LogP contribution in [0.1, 0.15) is 69.8 Å². The number of rotatable bonds is 11. The Bertz CT molecular complexity index is 355. The van der Waals surface area contributed by atoms with Gasteiger partial charge in [0.25, 0.3) is 0 Å². The Morgan fingerprint density at radius 2 is 1.58 bits per heavy atom. The normalized spacial score (nSPS) is 10.8. The zero-order chi connectivity index (χ0) is 13.9. The van der Waals surface area contributed by atoms with Crippen molar-refractivity contribution in [2.24, 2.45) is 0 Å². The Labute approximate surface area is 116 Å². The second-order valence-corrected chi connectivity index (χ2v) is 5.13. The van der Waals surface area contributed by atoms with E-state index in [1.54, 1.807) is 0 Å². The van der Waals surface area contributed by atoms with Crippen molar-refractivity contribution in [1.82, 2.24) is 0 Å². The largest absolute Gasteiger partial charge is 0.481 e. The van der Waals surface area contributed by atoms with Crippen LogP contribution < -0.4 is 0 Å². The van der Waals surface area contributed by atoms with E-state index in [2.05, 4.69) is 13.0 Å². The molecule has 0 bridgehead atoms. The SMILES string of the molecule is CCCCCCCc1ccc(CCCCC(=O)O)o1. The summed E-state index contributed by atoms with van der Waals surface area (Å²) < 4.78 is 5.75. The van der Waals surface area contributed by atoms with E-state index in [1.807, 2.05) is 6.07 Å². The number of hydrogen-bond acceptors (Lipinski definition) is 2. The number of aryl methyl sites for hydroxylation is 2. The van der Waals surface area contributed by atoms with Gasteiger partial charge in [-0.05, 0) is 31.4 Å². The van der Waals surface area contributed by atoms with Gasteiger partial charge in [-0.2, -0.15) is 0 Å². The van der Waals surface area contributed by atoms with Crippen LogP contribution in [0.3, 0.4) is 0 Å². The van der Waals surface area contributed by atoms with E-state index >= 15 is 0 Å². The monoisotopic (exact) mass is 266 g/mol. The fourth-order valence-corrected chi connectivity index (χ4v) is 2.17. The van der Waals surface area contributed by atoms with E-state index < -0.39 is 5.97 Å². The van der Waals surface area contributed by atoms with Crippen LogP contribution in [0.25, 0.3) is 0 Å². The maximum absolute atomic E-state index is 10.4. The second kappa shape index (κ2) is 9.65. The molecule has 108 valence electrons. The van der Waals surface area contributed by atoms with Crippen molar-refractivity contribution in [3.8, 4) is 0 Å². The number of carboxylic acids is 1. The molecule has 3 nitrogen and oxygen atoms in total. The average molecular weight is 266 g/mol. The fraction of sp³-hybridized carbons (Fsp3) is 0.688. The molecule has 3 heteroatoms. The van der Waals surface area contributed by atoms with Crippen LogP contribution >= 0.6 is 0 Å². The van der Waals surface area contributed by atoms with E-state index in [0.29, 0.717) is 0 Å². The third-order valence-corrected chi connectivity index (χ3v) is 3.31. The summed E-state index contributed by atoms with van der Waals surface area (Å²) in [6, 6.07) is 4.09. The lowest BCUT2D eigenvalue weighted by Crippen LogP contribution is -1.94. The zero-order valence-corrected chi connectivity index (χ0v) is 12.0. The quantitative estimate of drug-likeness (QED) is 0.596. The highest BCUT2D eigenvalue weighted by Crippen LogP contribution is 2.15. The van der Waals surface area contributed by atoms with Gasteiger partial charge in [-0.25, -0.2) is 0 Å². The Morgan fingerprint density at radius 3 is 2.16 bits per heavy atom. The molecular formula is C16H26O3. The fourth-order valence-electron chi connectivity index (χ4n) is 2.17. The van der Waals surface area contributed by atoms with Gasteiger partial charge in [0.15, 0.2) is 0 Å². The van der Waals surface area contributed by atoms with Crippen molar-refractivity contribution in [2.75, 3.05) is 0 Å². The Hall–Kier alpha value is -1.25. The van der Waals surface area contributed by atoms with Gasteiger partial charge in [-0.3, -0.25) is 4.79 Å². The maximum atomic E-state index is 10.4. The molecule has 19 heavy (non-hydrogen) atoms. The summed E-state index contributed by atoms with van der Waals surface area (Å²) in [5, 5.41) is 8.55. The summed E-state index contributed by atoms with van der Waals surface area (Å²) in [4.78, 5) is 10.4. The van der Waals surface area contributed by atoms with Crippen molar-refractivity contribution < 1.29 is 14.3 Å². The molecule has 0 fully saturated rings. The van der Waals surface area contributed by atoms with E-state index in [0.717, 1.165) is 37.2 Å². The molecule has 0 radical (unpaired) electrons. The van der Waals surface area contributed by atoms with Gasteiger partial charge in [0.05, 0.1) is 0 Å². The molecule has 0 atom stereocenters. The summed E-state index contributed by atoms with van der Waals surface area (Å²) in [6.07, 6.45) is 10.1. The number of hydrogen-bond donors (Lipinski definition) is 1. The van der Waals surface area contributed by atoms with Gasteiger partial charge < -0.3 is 9.52 Å². The molecule has 0 saturated carbocycles. The Balaban J connectivity index is 2.12. The summed E-state index contributed by atoms with van der Waals surface area (Å²) in [5.41, 5.74) is 0. The number of aliphatic carboxylic acids is 1. The average Bonchev–Trinajstić information content (AvgIpc) is 2.82. The number of carbonyl (C=O) groups is 1. The molecule has 0 aromatic carbocycles. The number of carboxylic acid groups (broad SMARTS) is 1. The minimum Gasteiger partial charge on any atom is -0.481 e. The van der Waals surface area contributed by atoms with E-state index in [-0.39, 0.29) is 6.42 Å². The molecule has 0 unspecified atom stereocenters. The van der Waals surface area contributed by atoms with Crippen molar-refractivity contribution in [3.63, 3.8) is 0 Å². The van der Waals surface area contributed by atoms with E-state index in [1.165, 1.54) is 32.1 Å². The highest BCUT2D eigenvalue weighted by molar-refractivity contribution is 5.66. The third-order valence-electron chi connectivity index (χ3n) is 3.31. The zero-order valence-electron chi connectivity index (χ0n) is 12.0. The molecule has 0 amide bonds. The summed E-state index contributed by atoms with van der Waals surface area (Å²) >= 11 is 0. The molecule has 1 heterocycles. The lowest BCUT2D eigenvalue weighted by atomic mass is 10.1. The van der Waals surface area contributed by atoms with E-state index in [9.17, 15) is 4.79 Å². The van der Waals surface area contributed by atoms with Crippen LogP contribution in [-0.2, 0) is 17.6 Å². The molecule has 0 saturated heterocycles. The Morgan fingerprint density at radius 1 is 1.00 bits per heavy atom. The van der Waals surface area contributed by atoms with Crippen molar-refractivity contribution in [2.45, 2.75) is 71.1 Å². The minimum absolute atomic E-state index is 0.255. The predicted molar refractivity (Wildman–Crippen MR) is 76.4 cm³/mol. The number of furan rings is 1. The highest BCUT2D eigenvalue weighted by Gasteiger charge is 2.03. The number of unbranched alkanes of at least 4 members (excludes halogenated alkanes) is 5. The van der Waals surface area contributed by atoms with Crippen molar-refractivity contribution >= 4 is 5.97 Å². The molecule has 1 aromatic rings.